The number of hydrogen-bond donors (Lipinski definition) is 1. The van der Waals surface area contributed by atoms with Gasteiger partial charge in [-0.25, -0.2) is 0 Å². The molecule has 20 heavy (non-hydrogen) atoms. The van der Waals surface area contributed by atoms with Crippen molar-refractivity contribution in [2.24, 2.45) is 0 Å². The van der Waals surface area contributed by atoms with Crippen molar-refractivity contribution in [1.82, 2.24) is 0 Å². The van der Waals surface area contributed by atoms with Gasteiger partial charge >= 0.3 is 5.97 Å². The Labute approximate surface area is 120 Å². The van der Waals surface area contributed by atoms with Crippen LogP contribution >= 0.6 is 0 Å². The van der Waals surface area contributed by atoms with Gasteiger partial charge in [0.2, 0.25) is 0 Å². The molecule has 1 aromatic carbocycles. The second kappa shape index (κ2) is 4.80. The highest BCUT2D eigenvalue weighted by atomic mass is 16.4. The number of fused-ring (bicyclic) bond motifs is 1. The molecule has 0 unspecified atom stereocenters. The van der Waals surface area contributed by atoms with Crippen LogP contribution in [0.1, 0.15) is 50.7 Å². The molecule has 0 saturated heterocycles. The normalized spacial score (nSPS) is 19.4. The van der Waals surface area contributed by atoms with Crippen molar-refractivity contribution in [3.63, 3.8) is 0 Å². The fraction of sp³-hybridized carbons (Fsp3) is 0.588. The molecular formula is C17H23NO2. The topological polar surface area (TPSA) is 40.5 Å². The SMILES string of the molecule is CC(C)(C(=O)O)c1ccc2c(c1)N(C1CCCC1)CC2. The summed E-state index contributed by atoms with van der Waals surface area (Å²) in [5.41, 5.74) is 2.75. The summed E-state index contributed by atoms with van der Waals surface area (Å²) in [6.07, 6.45) is 6.32. The van der Waals surface area contributed by atoms with E-state index in [9.17, 15) is 9.90 Å². The van der Waals surface area contributed by atoms with E-state index in [1.165, 1.54) is 36.9 Å². The first kappa shape index (κ1) is 13.5. The molecule has 0 amide bonds. The lowest BCUT2D eigenvalue weighted by Crippen LogP contribution is -2.32. The van der Waals surface area contributed by atoms with Crippen LogP contribution in [0.15, 0.2) is 18.2 Å². The van der Waals surface area contributed by atoms with Crippen molar-refractivity contribution < 1.29 is 9.90 Å². The van der Waals surface area contributed by atoms with Crippen LogP contribution in [0.4, 0.5) is 5.69 Å². The largest absolute Gasteiger partial charge is 0.481 e. The monoisotopic (exact) mass is 273 g/mol. The van der Waals surface area contributed by atoms with Crippen LogP contribution in [0.5, 0.6) is 0 Å². The smallest absolute Gasteiger partial charge is 0.313 e. The summed E-state index contributed by atoms with van der Waals surface area (Å²) >= 11 is 0. The lowest BCUT2D eigenvalue weighted by atomic mass is 9.84. The minimum atomic E-state index is -0.820. The van der Waals surface area contributed by atoms with Gasteiger partial charge in [-0.3, -0.25) is 4.79 Å². The summed E-state index contributed by atoms with van der Waals surface area (Å²) in [6, 6.07) is 6.91. The molecule has 1 saturated carbocycles. The van der Waals surface area contributed by atoms with Crippen molar-refractivity contribution in [3.8, 4) is 0 Å². The van der Waals surface area contributed by atoms with Gasteiger partial charge in [0.1, 0.15) is 0 Å². The van der Waals surface area contributed by atoms with E-state index in [2.05, 4.69) is 17.0 Å². The number of benzene rings is 1. The van der Waals surface area contributed by atoms with Crippen LogP contribution in [0.3, 0.4) is 0 Å². The van der Waals surface area contributed by atoms with Gasteiger partial charge in [0.05, 0.1) is 5.41 Å². The van der Waals surface area contributed by atoms with E-state index < -0.39 is 11.4 Å². The molecule has 0 aromatic heterocycles. The highest BCUT2D eigenvalue weighted by Gasteiger charge is 2.33. The Morgan fingerprint density at radius 2 is 2.00 bits per heavy atom. The first-order valence-corrected chi connectivity index (χ1v) is 7.63. The van der Waals surface area contributed by atoms with Gasteiger partial charge in [-0.05, 0) is 50.3 Å². The second-order valence-corrected chi connectivity index (χ2v) is 6.66. The lowest BCUT2D eigenvalue weighted by molar-refractivity contribution is -0.142. The van der Waals surface area contributed by atoms with E-state index in [0.29, 0.717) is 6.04 Å². The average molecular weight is 273 g/mol. The average Bonchev–Trinajstić information content (AvgIpc) is 3.06. The number of aliphatic carboxylic acids is 1. The number of carbonyl (C=O) groups is 1. The first-order chi connectivity index (χ1) is 9.50. The minimum Gasteiger partial charge on any atom is -0.481 e. The maximum Gasteiger partial charge on any atom is 0.313 e. The number of hydrogen-bond acceptors (Lipinski definition) is 2. The number of anilines is 1. The highest BCUT2D eigenvalue weighted by Crippen LogP contribution is 2.37. The summed E-state index contributed by atoms with van der Waals surface area (Å²) in [4.78, 5) is 14.0. The van der Waals surface area contributed by atoms with E-state index in [4.69, 9.17) is 0 Å². The van der Waals surface area contributed by atoms with Crippen LogP contribution in [-0.4, -0.2) is 23.7 Å². The van der Waals surface area contributed by atoms with Gasteiger partial charge in [-0.15, -0.1) is 0 Å². The van der Waals surface area contributed by atoms with Crippen molar-refractivity contribution in [3.05, 3.63) is 29.3 Å². The Balaban J connectivity index is 1.95. The Hall–Kier alpha value is -1.51. The molecule has 0 radical (unpaired) electrons. The number of carboxylic acid groups (broad SMARTS) is 1. The molecule has 1 aliphatic carbocycles. The molecule has 2 aliphatic rings. The first-order valence-electron chi connectivity index (χ1n) is 7.63. The second-order valence-electron chi connectivity index (χ2n) is 6.66. The number of carboxylic acids is 1. The molecule has 0 spiro atoms. The van der Waals surface area contributed by atoms with Crippen LogP contribution < -0.4 is 4.90 Å². The summed E-state index contributed by atoms with van der Waals surface area (Å²) in [6.45, 7) is 4.66. The molecule has 108 valence electrons. The number of nitrogens with zero attached hydrogens (tertiary/aromatic N) is 1. The summed E-state index contributed by atoms with van der Waals surface area (Å²) in [5.74, 6) is -0.761. The van der Waals surface area contributed by atoms with Crippen molar-refractivity contribution in [2.75, 3.05) is 11.4 Å². The predicted molar refractivity (Wildman–Crippen MR) is 80.4 cm³/mol. The fourth-order valence-electron chi connectivity index (χ4n) is 3.51. The zero-order valence-electron chi connectivity index (χ0n) is 12.4. The fourth-order valence-corrected chi connectivity index (χ4v) is 3.51. The van der Waals surface area contributed by atoms with Crippen LogP contribution in [0.25, 0.3) is 0 Å². The van der Waals surface area contributed by atoms with Gasteiger partial charge in [0.15, 0.2) is 0 Å². The van der Waals surface area contributed by atoms with Gasteiger partial charge in [0, 0.05) is 18.3 Å². The van der Waals surface area contributed by atoms with E-state index in [-0.39, 0.29) is 0 Å². The highest BCUT2D eigenvalue weighted by molar-refractivity contribution is 5.81. The molecule has 1 heterocycles. The van der Waals surface area contributed by atoms with E-state index in [1.54, 1.807) is 13.8 Å². The molecule has 3 nitrogen and oxygen atoms in total. The molecule has 1 N–H and O–H groups in total. The molecule has 3 heteroatoms. The summed E-state index contributed by atoms with van der Waals surface area (Å²) in [5, 5.41) is 9.41. The third-order valence-corrected chi connectivity index (χ3v) is 5.04. The molecule has 0 bridgehead atoms. The van der Waals surface area contributed by atoms with Crippen molar-refractivity contribution in [2.45, 2.75) is 57.4 Å². The summed E-state index contributed by atoms with van der Waals surface area (Å²) in [7, 11) is 0. The van der Waals surface area contributed by atoms with Crippen LogP contribution in [0.2, 0.25) is 0 Å². The summed E-state index contributed by atoms with van der Waals surface area (Å²) < 4.78 is 0. The Kier molecular flexibility index (Phi) is 3.23. The quantitative estimate of drug-likeness (QED) is 0.918. The Bertz CT molecular complexity index is 530. The van der Waals surface area contributed by atoms with Gasteiger partial charge < -0.3 is 10.0 Å². The Morgan fingerprint density at radius 1 is 1.30 bits per heavy atom. The van der Waals surface area contributed by atoms with Crippen molar-refractivity contribution >= 4 is 11.7 Å². The third-order valence-electron chi connectivity index (χ3n) is 5.04. The molecular weight excluding hydrogens is 250 g/mol. The minimum absolute atomic E-state index is 0.666. The van der Waals surface area contributed by atoms with Gasteiger partial charge in [0.25, 0.3) is 0 Å². The maximum absolute atomic E-state index is 11.4. The molecule has 1 fully saturated rings. The van der Waals surface area contributed by atoms with Crippen molar-refractivity contribution in [1.29, 1.82) is 0 Å². The van der Waals surface area contributed by atoms with E-state index in [1.807, 2.05) is 6.07 Å². The Morgan fingerprint density at radius 3 is 2.65 bits per heavy atom. The number of rotatable bonds is 3. The zero-order chi connectivity index (χ0) is 14.3. The molecule has 1 aliphatic heterocycles. The molecule has 3 rings (SSSR count). The lowest BCUT2D eigenvalue weighted by Gasteiger charge is -2.28. The van der Waals surface area contributed by atoms with E-state index >= 15 is 0 Å². The van der Waals surface area contributed by atoms with E-state index in [0.717, 1.165) is 18.5 Å². The van der Waals surface area contributed by atoms with Crippen LogP contribution in [0, 0.1) is 0 Å². The predicted octanol–water partition coefficient (Wildman–Crippen LogP) is 3.35. The molecule has 0 atom stereocenters. The molecule has 1 aromatic rings. The zero-order valence-corrected chi connectivity index (χ0v) is 12.4. The maximum atomic E-state index is 11.4. The van der Waals surface area contributed by atoms with Gasteiger partial charge in [-0.2, -0.15) is 0 Å². The standard InChI is InChI=1S/C17H23NO2/c1-17(2,16(19)20)13-8-7-12-9-10-18(15(12)11-13)14-5-3-4-6-14/h7-8,11,14H,3-6,9-10H2,1-2H3,(H,19,20). The third kappa shape index (κ3) is 2.09. The van der Waals surface area contributed by atoms with Gasteiger partial charge in [-0.1, -0.05) is 25.0 Å². The van der Waals surface area contributed by atoms with Crippen LogP contribution in [-0.2, 0) is 16.6 Å².